The Morgan fingerprint density at radius 3 is 2.71 bits per heavy atom. The van der Waals surface area contributed by atoms with E-state index in [2.05, 4.69) is 20.3 Å². The largest absolute Gasteiger partial charge is 0.272 e. The summed E-state index contributed by atoms with van der Waals surface area (Å²) < 4.78 is 1.67. The van der Waals surface area contributed by atoms with Crippen molar-refractivity contribution in [1.82, 2.24) is 24.8 Å². The van der Waals surface area contributed by atoms with Crippen molar-refractivity contribution in [3.63, 3.8) is 0 Å². The molecule has 3 rings (SSSR count). The van der Waals surface area contributed by atoms with E-state index in [-0.39, 0.29) is 0 Å². The van der Waals surface area contributed by atoms with Crippen LogP contribution < -0.4 is 0 Å². The van der Waals surface area contributed by atoms with Crippen LogP contribution in [0.2, 0.25) is 0 Å². The Bertz CT molecular complexity index is 644. The smallest absolute Gasteiger partial charge is 0.208 e. The fraction of sp³-hybridized carbons (Fsp3) is 0.167. The molecule has 3 aromatic rings. The van der Waals surface area contributed by atoms with Crippen molar-refractivity contribution in [2.24, 2.45) is 0 Å². The van der Waals surface area contributed by atoms with Crippen molar-refractivity contribution in [3.05, 3.63) is 42.4 Å². The molecule has 0 spiro atoms. The molecule has 0 radical (unpaired) electrons. The fourth-order valence-electron chi connectivity index (χ4n) is 1.71. The monoisotopic (exact) mass is 225 g/mol. The number of aromatic nitrogens is 5. The normalized spacial score (nSPS) is 10.9. The van der Waals surface area contributed by atoms with Crippen LogP contribution in [0.15, 0.2) is 36.5 Å². The molecule has 1 aromatic carbocycles. The molecule has 2 aromatic heterocycles. The minimum absolute atomic E-state index is 0.545. The lowest BCUT2D eigenvalue weighted by Crippen LogP contribution is -1.99. The zero-order chi connectivity index (χ0) is 11.7. The third-order valence-electron chi connectivity index (χ3n) is 2.59. The average Bonchev–Trinajstić information content (AvgIpc) is 2.81. The van der Waals surface area contributed by atoms with Crippen LogP contribution in [-0.4, -0.2) is 24.8 Å². The molecule has 84 valence electrons. The lowest BCUT2D eigenvalue weighted by atomic mass is 10.2. The van der Waals surface area contributed by atoms with Crippen molar-refractivity contribution in [2.45, 2.75) is 13.3 Å². The van der Waals surface area contributed by atoms with Crippen LogP contribution in [0.5, 0.6) is 0 Å². The Labute approximate surface area is 98.2 Å². The zero-order valence-electron chi connectivity index (χ0n) is 9.41. The third kappa shape index (κ3) is 1.65. The fourth-order valence-corrected chi connectivity index (χ4v) is 1.71. The first-order valence-corrected chi connectivity index (χ1v) is 5.51. The summed E-state index contributed by atoms with van der Waals surface area (Å²) in [7, 11) is 0. The standard InChI is InChI=1S/C12H11N5/c1-2-11-15-16-12-14-10(8-13-17(11)12)9-6-4-3-5-7-9/h3-8H,2H2,1H3. The van der Waals surface area contributed by atoms with E-state index in [0.29, 0.717) is 5.78 Å². The molecule has 0 aliphatic carbocycles. The van der Waals surface area contributed by atoms with Gasteiger partial charge < -0.3 is 0 Å². The van der Waals surface area contributed by atoms with E-state index in [9.17, 15) is 0 Å². The Morgan fingerprint density at radius 2 is 1.94 bits per heavy atom. The lowest BCUT2D eigenvalue weighted by molar-refractivity contribution is 0.814. The summed E-state index contributed by atoms with van der Waals surface area (Å²) in [4.78, 5) is 4.44. The van der Waals surface area contributed by atoms with Crippen LogP contribution in [0, 0.1) is 0 Å². The molecule has 0 atom stereocenters. The van der Waals surface area contributed by atoms with Gasteiger partial charge in [-0.05, 0) is 0 Å². The molecule has 2 heterocycles. The third-order valence-corrected chi connectivity index (χ3v) is 2.59. The Kier molecular flexibility index (Phi) is 2.29. The molecule has 0 saturated carbocycles. The van der Waals surface area contributed by atoms with Gasteiger partial charge in [-0.1, -0.05) is 37.3 Å². The topological polar surface area (TPSA) is 56.0 Å². The molecule has 0 aliphatic rings. The predicted octanol–water partition coefficient (Wildman–Crippen LogP) is 1.75. The summed E-state index contributed by atoms with van der Waals surface area (Å²) >= 11 is 0. The number of nitrogens with zero attached hydrogens (tertiary/aromatic N) is 5. The van der Waals surface area contributed by atoms with Crippen molar-refractivity contribution in [2.75, 3.05) is 0 Å². The van der Waals surface area contributed by atoms with Gasteiger partial charge in [0.15, 0.2) is 5.82 Å². The maximum Gasteiger partial charge on any atom is 0.272 e. The number of hydrogen-bond acceptors (Lipinski definition) is 4. The van der Waals surface area contributed by atoms with Crippen molar-refractivity contribution in [1.29, 1.82) is 0 Å². The van der Waals surface area contributed by atoms with Gasteiger partial charge in [0.2, 0.25) is 0 Å². The number of fused-ring (bicyclic) bond motifs is 1. The second-order valence-corrected chi connectivity index (χ2v) is 3.69. The number of rotatable bonds is 2. The van der Waals surface area contributed by atoms with Crippen LogP contribution >= 0.6 is 0 Å². The number of hydrogen-bond donors (Lipinski definition) is 0. The Hall–Kier alpha value is -2.30. The molecule has 0 unspecified atom stereocenters. The van der Waals surface area contributed by atoms with Gasteiger partial charge in [-0.2, -0.15) is 9.61 Å². The van der Waals surface area contributed by atoms with E-state index in [0.717, 1.165) is 23.5 Å². The highest BCUT2D eigenvalue weighted by molar-refractivity contribution is 5.59. The molecule has 0 saturated heterocycles. The van der Waals surface area contributed by atoms with E-state index < -0.39 is 0 Å². The van der Waals surface area contributed by atoms with Gasteiger partial charge in [0, 0.05) is 12.0 Å². The van der Waals surface area contributed by atoms with E-state index in [1.165, 1.54) is 0 Å². The van der Waals surface area contributed by atoms with Gasteiger partial charge >= 0.3 is 0 Å². The van der Waals surface area contributed by atoms with E-state index in [4.69, 9.17) is 0 Å². The zero-order valence-corrected chi connectivity index (χ0v) is 9.41. The van der Waals surface area contributed by atoms with Crippen molar-refractivity contribution < 1.29 is 0 Å². The molecule has 0 amide bonds. The summed E-state index contributed by atoms with van der Waals surface area (Å²) in [5.74, 6) is 1.37. The molecule has 0 fully saturated rings. The molecule has 5 nitrogen and oxygen atoms in total. The predicted molar refractivity (Wildman–Crippen MR) is 63.4 cm³/mol. The highest BCUT2D eigenvalue weighted by atomic mass is 15.4. The molecule has 5 heteroatoms. The van der Waals surface area contributed by atoms with Gasteiger partial charge in [-0.3, -0.25) is 0 Å². The first kappa shape index (κ1) is 9.89. The number of aryl methyl sites for hydroxylation is 1. The van der Waals surface area contributed by atoms with Crippen LogP contribution in [0.3, 0.4) is 0 Å². The van der Waals surface area contributed by atoms with Crippen LogP contribution in [0.25, 0.3) is 17.0 Å². The lowest BCUT2D eigenvalue weighted by Gasteiger charge is -2.00. The highest BCUT2D eigenvalue weighted by Crippen LogP contribution is 2.15. The van der Waals surface area contributed by atoms with Gasteiger partial charge in [-0.25, -0.2) is 4.98 Å². The highest BCUT2D eigenvalue weighted by Gasteiger charge is 2.07. The summed E-state index contributed by atoms with van der Waals surface area (Å²) in [6.07, 6.45) is 2.53. The Balaban J connectivity index is 2.15. The average molecular weight is 225 g/mol. The second-order valence-electron chi connectivity index (χ2n) is 3.69. The molecule has 17 heavy (non-hydrogen) atoms. The van der Waals surface area contributed by atoms with Gasteiger partial charge in [0.25, 0.3) is 5.78 Å². The molecule has 0 aliphatic heterocycles. The van der Waals surface area contributed by atoms with Crippen LogP contribution in [0.4, 0.5) is 0 Å². The van der Waals surface area contributed by atoms with E-state index in [1.807, 2.05) is 37.3 Å². The maximum atomic E-state index is 4.44. The van der Waals surface area contributed by atoms with Gasteiger partial charge in [0.05, 0.1) is 11.9 Å². The van der Waals surface area contributed by atoms with Crippen LogP contribution in [-0.2, 0) is 6.42 Å². The minimum Gasteiger partial charge on any atom is -0.208 e. The number of benzene rings is 1. The molecule has 0 N–H and O–H groups in total. The van der Waals surface area contributed by atoms with Crippen molar-refractivity contribution >= 4 is 5.78 Å². The summed E-state index contributed by atoms with van der Waals surface area (Å²) in [6, 6.07) is 9.92. The van der Waals surface area contributed by atoms with Gasteiger partial charge in [-0.15, -0.1) is 10.2 Å². The van der Waals surface area contributed by atoms with Crippen LogP contribution in [0.1, 0.15) is 12.7 Å². The van der Waals surface area contributed by atoms with Crippen molar-refractivity contribution in [3.8, 4) is 11.3 Å². The summed E-state index contributed by atoms with van der Waals surface area (Å²) in [5.41, 5.74) is 1.84. The summed E-state index contributed by atoms with van der Waals surface area (Å²) in [6.45, 7) is 2.02. The summed E-state index contributed by atoms with van der Waals surface area (Å²) in [5, 5.41) is 12.4. The molecular formula is C12H11N5. The second kappa shape index (κ2) is 3.93. The Morgan fingerprint density at radius 1 is 1.12 bits per heavy atom. The first-order chi connectivity index (χ1) is 8.38. The molecule has 0 bridgehead atoms. The van der Waals surface area contributed by atoms with E-state index >= 15 is 0 Å². The quantitative estimate of drug-likeness (QED) is 0.666. The maximum absolute atomic E-state index is 4.44. The first-order valence-electron chi connectivity index (χ1n) is 5.51. The molecular weight excluding hydrogens is 214 g/mol. The minimum atomic E-state index is 0.545. The van der Waals surface area contributed by atoms with Gasteiger partial charge in [0.1, 0.15) is 0 Å². The SMILES string of the molecule is CCc1nnc2nc(-c3ccccc3)cnn12. The van der Waals surface area contributed by atoms with E-state index in [1.54, 1.807) is 10.7 Å².